The van der Waals surface area contributed by atoms with Crippen LogP contribution in [0, 0.1) is 0 Å². The molecule has 1 atom stereocenters. The highest BCUT2D eigenvalue weighted by molar-refractivity contribution is 5.72. The number of nitrogens with zero attached hydrogens (tertiary/aromatic N) is 1. The molecule has 0 aliphatic heterocycles. The second-order valence-corrected chi connectivity index (χ2v) is 4.95. The van der Waals surface area contributed by atoms with Gasteiger partial charge in [0.05, 0.1) is 6.04 Å². The van der Waals surface area contributed by atoms with Crippen molar-refractivity contribution in [1.82, 2.24) is 5.06 Å². The molecule has 0 heterocycles. The number of hydroxylamine groups is 2. The summed E-state index contributed by atoms with van der Waals surface area (Å²) in [5.41, 5.74) is 3.33. The third-order valence-corrected chi connectivity index (χ3v) is 3.27. The molecule has 0 fully saturated rings. The molecule has 0 spiro atoms. The first-order valence-electron chi connectivity index (χ1n) is 6.90. The van der Waals surface area contributed by atoms with Gasteiger partial charge in [-0.25, -0.2) is 5.06 Å². The molecule has 3 nitrogen and oxygen atoms in total. The summed E-state index contributed by atoms with van der Waals surface area (Å²) < 4.78 is 0. The SMILES string of the molecule is CC(=O)N(O)[C@H](C)C=Cc1cccc(-c2ccccc2)c1. The molecule has 0 saturated heterocycles. The standard InChI is InChI=1S/C18H19NO2/c1-14(19(21)15(2)20)11-12-16-7-6-10-18(13-16)17-8-4-3-5-9-17/h3-14,21H,1-2H3/t14-/m1/s1. The van der Waals surface area contributed by atoms with E-state index < -0.39 is 0 Å². The van der Waals surface area contributed by atoms with Crippen molar-refractivity contribution in [2.75, 3.05) is 0 Å². The molecule has 2 aromatic carbocycles. The fourth-order valence-corrected chi connectivity index (χ4v) is 2.07. The molecule has 0 aromatic heterocycles. The number of amides is 1. The maximum Gasteiger partial charge on any atom is 0.243 e. The van der Waals surface area contributed by atoms with E-state index in [1.54, 1.807) is 13.0 Å². The van der Waals surface area contributed by atoms with Gasteiger partial charge in [0.25, 0.3) is 0 Å². The zero-order valence-corrected chi connectivity index (χ0v) is 12.2. The van der Waals surface area contributed by atoms with Crippen LogP contribution in [0.3, 0.4) is 0 Å². The number of carbonyl (C=O) groups is 1. The van der Waals surface area contributed by atoms with Gasteiger partial charge in [-0.05, 0) is 29.7 Å². The molecule has 0 aliphatic rings. The molecule has 3 heteroatoms. The highest BCUT2D eigenvalue weighted by atomic mass is 16.5. The van der Waals surface area contributed by atoms with Gasteiger partial charge in [0.2, 0.25) is 5.91 Å². The second-order valence-electron chi connectivity index (χ2n) is 4.95. The van der Waals surface area contributed by atoms with Crippen molar-refractivity contribution in [2.45, 2.75) is 19.9 Å². The third kappa shape index (κ3) is 4.04. The Bertz CT molecular complexity index is 635. The lowest BCUT2D eigenvalue weighted by Gasteiger charge is -2.17. The summed E-state index contributed by atoms with van der Waals surface area (Å²) >= 11 is 0. The van der Waals surface area contributed by atoms with Gasteiger partial charge in [-0.2, -0.15) is 0 Å². The van der Waals surface area contributed by atoms with Crippen LogP contribution in [-0.4, -0.2) is 22.2 Å². The Hall–Kier alpha value is -2.39. The largest absolute Gasteiger partial charge is 0.285 e. The number of rotatable bonds is 4. The van der Waals surface area contributed by atoms with Gasteiger partial charge in [0.15, 0.2) is 0 Å². The molecular formula is C18H19NO2. The van der Waals surface area contributed by atoms with Gasteiger partial charge in [-0.1, -0.05) is 60.7 Å². The lowest BCUT2D eigenvalue weighted by atomic mass is 10.0. The molecule has 2 rings (SSSR count). The molecule has 2 aromatic rings. The molecule has 0 saturated carbocycles. The Kier molecular flexibility index (Phi) is 4.90. The number of hydrogen-bond acceptors (Lipinski definition) is 2. The van der Waals surface area contributed by atoms with Gasteiger partial charge in [0, 0.05) is 6.92 Å². The molecule has 0 radical (unpaired) electrons. The van der Waals surface area contributed by atoms with Crippen LogP contribution in [0.5, 0.6) is 0 Å². The smallest absolute Gasteiger partial charge is 0.243 e. The van der Waals surface area contributed by atoms with Crippen LogP contribution in [0.15, 0.2) is 60.7 Å². The first kappa shape index (κ1) is 15.0. The van der Waals surface area contributed by atoms with Crippen molar-refractivity contribution >= 4 is 12.0 Å². The van der Waals surface area contributed by atoms with Crippen LogP contribution in [0.25, 0.3) is 17.2 Å². The molecule has 108 valence electrons. The van der Waals surface area contributed by atoms with Crippen molar-refractivity contribution in [1.29, 1.82) is 0 Å². The number of benzene rings is 2. The van der Waals surface area contributed by atoms with Gasteiger partial charge < -0.3 is 0 Å². The van der Waals surface area contributed by atoms with Crippen molar-refractivity contribution in [3.63, 3.8) is 0 Å². The maximum atomic E-state index is 11.1. The van der Waals surface area contributed by atoms with Crippen LogP contribution < -0.4 is 0 Å². The minimum Gasteiger partial charge on any atom is -0.285 e. The fraction of sp³-hybridized carbons (Fsp3) is 0.167. The minimum atomic E-state index is -0.370. The topological polar surface area (TPSA) is 40.5 Å². The van der Waals surface area contributed by atoms with E-state index in [1.807, 2.05) is 36.4 Å². The summed E-state index contributed by atoms with van der Waals surface area (Å²) in [5, 5.41) is 10.3. The first-order chi connectivity index (χ1) is 10.1. The molecular weight excluding hydrogens is 262 g/mol. The van der Waals surface area contributed by atoms with Crippen molar-refractivity contribution in [2.24, 2.45) is 0 Å². The highest BCUT2D eigenvalue weighted by Crippen LogP contribution is 2.20. The summed E-state index contributed by atoms with van der Waals surface area (Å²) in [6.45, 7) is 3.10. The molecule has 0 bridgehead atoms. The third-order valence-electron chi connectivity index (χ3n) is 3.27. The fourth-order valence-electron chi connectivity index (χ4n) is 2.07. The zero-order valence-electron chi connectivity index (χ0n) is 12.2. The lowest BCUT2D eigenvalue weighted by Crippen LogP contribution is -2.32. The molecule has 0 aliphatic carbocycles. The average Bonchev–Trinajstić information content (AvgIpc) is 2.53. The summed E-state index contributed by atoms with van der Waals surface area (Å²) in [7, 11) is 0. The van der Waals surface area contributed by atoms with E-state index in [2.05, 4.69) is 24.3 Å². The normalized spacial score (nSPS) is 12.3. The molecule has 1 N–H and O–H groups in total. The predicted octanol–water partition coefficient (Wildman–Crippen LogP) is 3.99. The van der Waals surface area contributed by atoms with Crippen molar-refractivity contribution < 1.29 is 10.0 Å². The monoisotopic (exact) mass is 281 g/mol. The Morgan fingerprint density at radius 3 is 2.43 bits per heavy atom. The zero-order chi connectivity index (χ0) is 15.2. The van der Waals surface area contributed by atoms with Gasteiger partial charge in [-0.15, -0.1) is 0 Å². The van der Waals surface area contributed by atoms with E-state index in [1.165, 1.54) is 6.92 Å². The molecule has 21 heavy (non-hydrogen) atoms. The first-order valence-corrected chi connectivity index (χ1v) is 6.90. The average molecular weight is 281 g/mol. The highest BCUT2D eigenvalue weighted by Gasteiger charge is 2.10. The summed E-state index contributed by atoms with van der Waals surface area (Å²) in [6, 6.07) is 17.9. The Morgan fingerprint density at radius 1 is 1.10 bits per heavy atom. The van der Waals surface area contributed by atoms with E-state index in [-0.39, 0.29) is 11.9 Å². The Balaban J connectivity index is 2.17. The van der Waals surface area contributed by atoms with E-state index >= 15 is 0 Å². The summed E-state index contributed by atoms with van der Waals surface area (Å²) in [6.07, 6.45) is 3.70. The number of hydrogen-bond donors (Lipinski definition) is 1. The minimum absolute atomic E-state index is 0.358. The van der Waals surface area contributed by atoms with Gasteiger partial charge in [0.1, 0.15) is 0 Å². The molecule has 1 amide bonds. The van der Waals surface area contributed by atoms with Crippen LogP contribution in [0.2, 0.25) is 0 Å². The van der Waals surface area contributed by atoms with Crippen LogP contribution in [0.4, 0.5) is 0 Å². The predicted molar refractivity (Wildman–Crippen MR) is 84.7 cm³/mol. The molecule has 0 unspecified atom stereocenters. The lowest BCUT2D eigenvalue weighted by molar-refractivity contribution is -0.167. The van der Waals surface area contributed by atoms with Gasteiger partial charge >= 0.3 is 0 Å². The number of carbonyl (C=O) groups excluding carboxylic acids is 1. The van der Waals surface area contributed by atoms with Crippen molar-refractivity contribution in [3.05, 3.63) is 66.2 Å². The van der Waals surface area contributed by atoms with E-state index in [0.717, 1.165) is 21.8 Å². The van der Waals surface area contributed by atoms with Gasteiger partial charge in [-0.3, -0.25) is 10.0 Å². The van der Waals surface area contributed by atoms with Crippen LogP contribution in [-0.2, 0) is 4.79 Å². The summed E-state index contributed by atoms with van der Waals surface area (Å²) in [5.74, 6) is -0.370. The van der Waals surface area contributed by atoms with Crippen molar-refractivity contribution in [3.8, 4) is 11.1 Å². The summed E-state index contributed by atoms with van der Waals surface area (Å²) in [4.78, 5) is 11.1. The van der Waals surface area contributed by atoms with Crippen LogP contribution in [0.1, 0.15) is 19.4 Å². The Labute approximate surface area is 125 Å². The van der Waals surface area contributed by atoms with Crippen LogP contribution >= 0.6 is 0 Å². The second kappa shape index (κ2) is 6.86. The maximum absolute atomic E-state index is 11.1. The van der Waals surface area contributed by atoms with E-state index in [4.69, 9.17) is 0 Å². The quantitative estimate of drug-likeness (QED) is 0.680. The van der Waals surface area contributed by atoms with E-state index in [0.29, 0.717) is 0 Å². The van der Waals surface area contributed by atoms with E-state index in [9.17, 15) is 10.0 Å². The Morgan fingerprint density at radius 2 is 1.76 bits per heavy atom.